The Morgan fingerprint density at radius 1 is 1.33 bits per heavy atom. The van der Waals surface area contributed by atoms with Gasteiger partial charge in [0.15, 0.2) is 0 Å². The highest BCUT2D eigenvalue weighted by Crippen LogP contribution is 2.16. The minimum Gasteiger partial charge on any atom is -0.280 e. The molecule has 7 heteroatoms. The van der Waals surface area contributed by atoms with Crippen molar-refractivity contribution < 1.29 is 8.42 Å². The van der Waals surface area contributed by atoms with E-state index in [0.29, 0.717) is 11.6 Å². The van der Waals surface area contributed by atoms with E-state index in [1.165, 1.54) is 17.1 Å². The van der Waals surface area contributed by atoms with Gasteiger partial charge in [-0.3, -0.25) is 9.40 Å². The van der Waals surface area contributed by atoms with Gasteiger partial charge < -0.3 is 0 Å². The molecule has 0 saturated heterocycles. The summed E-state index contributed by atoms with van der Waals surface area (Å²) in [7, 11) is -1.92. The van der Waals surface area contributed by atoms with Crippen LogP contribution in [0, 0.1) is 0 Å². The highest BCUT2D eigenvalue weighted by atomic mass is 35.5. The first-order valence-corrected chi connectivity index (χ1v) is 7.19. The summed E-state index contributed by atoms with van der Waals surface area (Å²) in [5.74, 6) is 0.398. The molecular weight excluding hydrogens is 274 g/mol. The van der Waals surface area contributed by atoms with Crippen LogP contribution in [-0.2, 0) is 23.0 Å². The summed E-state index contributed by atoms with van der Waals surface area (Å²) in [4.78, 5) is 0.131. The van der Waals surface area contributed by atoms with Gasteiger partial charge in [0.2, 0.25) is 0 Å². The molecule has 0 radical (unpaired) electrons. The zero-order valence-corrected chi connectivity index (χ0v) is 11.2. The maximum Gasteiger partial charge on any atom is 0.265 e. The minimum absolute atomic E-state index is 0.131. The van der Waals surface area contributed by atoms with Crippen molar-refractivity contribution in [2.45, 2.75) is 10.8 Å². The van der Waals surface area contributed by atoms with Crippen LogP contribution in [0.2, 0.25) is 0 Å². The Bertz CT molecular complexity index is 635. The van der Waals surface area contributed by atoms with Gasteiger partial charge in [-0.25, -0.2) is 8.42 Å². The zero-order chi connectivity index (χ0) is 13.2. The third-order valence-electron chi connectivity index (χ3n) is 2.35. The third-order valence-corrected chi connectivity index (χ3v) is 4.00. The molecule has 2 aromatic rings. The van der Waals surface area contributed by atoms with Crippen molar-refractivity contribution in [2.75, 3.05) is 4.72 Å². The highest BCUT2D eigenvalue weighted by molar-refractivity contribution is 7.92. The van der Waals surface area contributed by atoms with Gasteiger partial charge in [-0.15, -0.1) is 11.6 Å². The first kappa shape index (κ1) is 12.9. The Kier molecular flexibility index (Phi) is 3.58. The van der Waals surface area contributed by atoms with Crippen molar-refractivity contribution in [1.82, 2.24) is 9.78 Å². The standard InChI is InChI=1S/C11H12ClN3O2S/c1-15-8-11(7-13-15)18(16,17)14-10-4-2-9(6-12)3-5-10/h2-5,7-8,14H,6H2,1H3. The maximum atomic E-state index is 12.0. The first-order chi connectivity index (χ1) is 8.51. The van der Waals surface area contributed by atoms with Gasteiger partial charge in [-0.05, 0) is 17.7 Å². The molecule has 2 rings (SSSR count). The third kappa shape index (κ3) is 2.83. The lowest BCUT2D eigenvalue weighted by Gasteiger charge is -2.06. The van der Waals surface area contributed by atoms with Crippen molar-refractivity contribution in [2.24, 2.45) is 7.05 Å². The SMILES string of the molecule is Cn1cc(S(=O)(=O)Nc2ccc(CCl)cc2)cn1. The predicted molar refractivity (Wildman–Crippen MR) is 70.0 cm³/mol. The van der Waals surface area contributed by atoms with Crippen LogP contribution >= 0.6 is 11.6 Å². The number of nitrogens with one attached hydrogen (secondary N) is 1. The fourth-order valence-electron chi connectivity index (χ4n) is 1.41. The normalized spacial score (nSPS) is 11.4. The Morgan fingerprint density at radius 3 is 2.50 bits per heavy atom. The molecule has 5 nitrogen and oxygen atoms in total. The summed E-state index contributed by atoms with van der Waals surface area (Å²) in [5.41, 5.74) is 1.42. The summed E-state index contributed by atoms with van der Waals surface area (Å²) in [6.45, 7) is 0. The van der Waals surface area contributed by atoms with E-state index in [0.717, 1.165) is 5.56 Å². The largest absolute Gasteiger partial charge is 0.280 e. The van der Waals surface area contributed by atoms with Gasteiger partial charge in [-0.2, -0.15) is 5.10 Å². The molecule has 0 aliphatic rings. The lowest BCUT2D eigenvalue weighted by molar-refractivity contribution is 0.601. The monoisotopic (exact) mass is 285 g/mol. The van der Waals surface area contributed by atoms with Crippen molar-refractivity contribution in [3.63, 3.8) is 0 Å². The molecule has 18 heavy (non-hydrogen) atoms. The molecule has 1 aromatic heterocycles. The molecule has 0 aliphatic heterocycles. The van der Waals surface area contributed by atoms with Gasteiger partial charge in [-0.1, -0.05) is 12.1 Å². The maximum absolute atomic E-state index is 12.0. The lowest BCUT2D eigenvalue weighted by Crippen LogP contribution is -2.12. The predicted octanol–water partition coefficient (Wildman–Crippen LogP) is 1.96. The number of sulfonamides is 1. The molecule has 1 N–H and O–H groups in total. The highest BCUT2D eigenvalue weighted by Gasteiger charge is 2.15. The van der Waals surface area contributed by atoms with E-state index in [1.54, 1.807) is 31.3 Å². The number of nitrogens with zero attached hydrogens (tertiary/aromatic N) is 2. The van der Waals surface area contributed by atoms with Crippen LogP contribution in [0.1, 0.15) is 5.56 Å². The van der Waals surface area contributed by atoms with Gasteiger partial charge in [0.25, 0.3) is 10.0 Å². The average molecular weight is 286 g/mol. The molecule has 0 amide bonds. The van der Waals surface area contributed by atoms with E-state index in [1.807, 2.05) is 0 Å². The summed E-state index contributed by atoms with van der Waals surface area (Å²) >= 11 is 5.66. The van der Waals surface area contributed by atoms with Crippen molar-refractivity contribution in [1.29, 1.82) is 0 Å². The molecule has 0 unspecified atom stereocenters. The van der Waals surface area contributed by atoms with Gasteiger partial charge >= 0.3 is 0 Å². The second-order valence-electron chi connectivity index (χ2n) is 3.79. The number of alkyl halides is 1. The van der Waals surface area contributed by atoms with Crippen LogP contribution in [-0.4, -0.2) is 18.2 Å². The summed E-state index contributed by atoms with van der Waals surface area (Å²) in [6, 6.07) is 6.89. The van der Waals surface area contributed by atoms with E-state index in [9.17, 15) is 8.42 Å². The molecule has 0 fully saturated rings. The average Bonchev–Trinajstić information content (AvgIpc) is 2.77. The number of benzene rings is 1. The van der Waals surface area contributed by atoms with Crippen LogP contribution in [0.5, 0.6) is 0 Å². The summed E-state index contributed by atoms with van der Waals surface area (Å²) < 4.78 is 27.9. The van der Waals surface area contributed by atoms with Gasteiger partial charge in [0, 0.05) is 24.8 Å². The zero-order valence-electron chi connectivity index (χ0n) is 9.67. The Hall–Kier alpha value is -1.53. The number of aryl methyl sites for hydroxylation is 1. The number of hydrogen-bond donors (Lipinski definition) is 1. The quantitative estimate of drug-likeness (QED) is 0.874. The smallest absolute Gasteiger partial charge is 0.265 e. The van der Waals surface area contributed by atoms with Gasteiger partial charge in [0.1, 0.15) is 4.90 Å². The summed E-state index contributed by atoms with van der Waals surface area (Å²) in [6.07, 6.45) is 2.74. The Labute approximate surface area is 110 Å². The molecule has 0 spiro atoms. The van der Waals surface area contributed by atoms with Crippen molar-refractivity contribution in [3.05, 3.63) is 42.2 Å². The molecule has 1 aromatic carbocycles. The van der Waals surface area contributed by atoms with Crippen LogP contribution in [0.3, 0.4) is 0 Å². The Balaban J connectivity index is 2.22. The van der Waals surface area contributed by atoms with E-state index in [4.69, 9.17) is 11.6 Å². The lowest BCUT2D eigenvalue weighted by atomic mass is 10.2. The van der Waals surface area contributed by atoms with Crippen LogP contribution in [0.15, 0.2) is 41.6 Å². The van der Waals surface area contributed by atoms with E-state index >= 15 is 0 Å². The fourth-order valence-corrected chi connectivity index (χ4v) is 2.63. The molecule has 1 heterocycles. The minimum atomic E-state index is -3.58. The number of rotatable bonds is 4. The molecule has 96 valence electrons. The number of anilines is 1. The molecular formula is C11H12ClN3O2S. The fraction of sp³-hybridized carbons (Fsp3) is 0.182. The van der Waals surface area contributed by atoms with Gasteiger partial charge in [0.05, 0.1) is 6.20 Å². The molecule has 0 aliphatic carbocycles. The summed E-state index contributed by atoms with van der Waals surface area (Å²) in [5, 5.41) is 3.83. The van der Waals surface area contributed by atoms with Crippen LogP contribution in [0.25, 0.3) is 0 Å². The Morgan fingerprint density at radius 2 is 2.00 bits per heavy atom. The van der Waals surface area contributed by atoms with E-state index < -0.39 is 10.0 Å². The second-order valence-corrected chi connectivity index (χ2v) is 5.74. The number of halogens is 1. The number of aromatic nitrogens is 2. The van der Waals surface area contributed by atoms with Crippen LogP contribution < -0.4 is 4.72 Å². The topological polar surface area (TPSA) is 64.0 Å². The van der Waals surface area contributed by atoms with Crippen LogP contribution in [0.4, 0.5) is 5.69 Å². The molecule has 0 bridgehead atoms. The second kappa shape index (κ2) is 4.99. The molecule has 0 saturated carbocycles. The van der Waals surface area contributed by atoms with E-state index in [-0.39, 0.29) is 4.90 Å². The van der Waals surface area contributed by atoms with Crippen molar-refractivity contribution >= 4 is 27.3 Å². The first-order valence-electron chi connectivity index (χ1n) is 5.17. The number of hydrogen-bond acceptors (Lipinski definition) is 3. The van der Waals surface area contributed by atoms with E-state index in [2.05, 4.69) is 9.82 Å². The molecule has 0 atom stereocenters. The van der Waals surface area contributed by atoms with Crippen molar-refractivity contribution in [3.8, 4) is 0 Å².